The van der Waals surface area contributed by atoms with E-state index in [1.165, 1.54) is 6.07 Å². The van der Waals surface area contributed by atoms with Gasteiger partial charge in [0, 0.05) is 44.6 Å². The van der Waals surface area contributed by atoms with Crippen LogP contribution >= 0.6 is 0 Å². The summed E-state index contributed by atoms with van der Waals surface area (Å²) in [6.07, 6.45) is 7.05. The fourth-order valence-corrected chi connectivity index (χ4v) is 3.57. The lowest BCUT2D eigenvalue weighted by Crippen LogP contribution is -2.50. The third-order valence-corrected chi connectivity index (χ3v) is 5.04. The Kier molecular flexibility index (Phi) is 6.04. The Hall–Kier alpha value is -2.21. The molecule has 3 rings (SSSR count). The highest BCUT2D eigenvalue weighted by Gasteiger charge is 2.23. The van der Waals surface area contributed by atoms with E-state index in [1.807, 2.05) is 12.1 Å². The molecule has 1 N–H and O–H groups in total. The normalized spacial score (nSPS) is 18.7. The second-order valence-electron chi connectivity index (χ2n) is 7.15. The number of hydrogen-bond donors (Lipinski definition) is 1. The van der Waals surface area contributed by atoms with Crippen LogP contribution in [0.1, 0.15) is 31.7 Å². The molecule has 1 aromatic carbocycles. The van der Waals surface area contributed by atoms with Gasteiger partial charge in [-0.3, -0.25) is 4.79 Å². The molecule has 2 aromatic rings. The Labute approximate surface area is 153 Å². The second-order valence-corrected chi connectivity index (χ2v) is 7.15. The summed E-state index contributed by atoms with van der Waals surface area (Å²) in [7, 11) is 1.75. The van der Waals surface area contributed by atoms with Crippen molar-refractivity contribution in [2.45, 2.75) is 44.7 Å². The summed E-state index contributed by atoms with van der Waals surface area (Å²) in [4.78, 5) is 18.7. The molecule has 0 amide bonds. The van der Waals surface area contributed by atoms with Crippen LogP contribution in [0.15, 0.2) is 41.5 Å². The first-order valence-electron chi connectivity index (χ1n) is 9.30. The summed E-state index contributed by atoms with van der Waals surface area (Å²) < 4.78 is 15.3. The smallest absolute Gasteiger partial charge is 0.293 e. The highest BCUT2D eigenvalue weighted by Crippen LogP contribution is 2.16. The number of aryl methyl sites for hydroxylation is 2. The van der Waals surface area contributed by atoms with Crippen molar-refractivity contribution >= 4 is 5.82 Å². The molecule has 1 aromatic heterocycles. The number of piperidine rings is 1. The van der Waals surface area contributed by atoms with Crippen LogP contribution in [0.4, 0.5) is 10.2 Å². The van der Waals surface area contributed by atoms with E-state index in [9.17, 15) is 9.18 Å². The predicted molar refractivity (Wildman–Crippen MR) is 102 cm³/mol. The van der Waals surface area contributed by atoms with Crippen LogP contribution in [0.5, 0.6) is 0 Å². The van der Waals surface area contributed by atoms with Crippen LogP contribution in [0.2, 0.25) is 0 Å². The van der Waals surface area contributed by atoms with Crippen LogP contribution in [-0.2, 0) is 13.5 Å². The quantitative estimate of drug-likeness (QED) is 0.862. The number of anilines is 1. The third kappa shape index (κ3) is 4.49. The van der Waals surface area contributed by atoms with Crippen LogP contribution in [0.3, 0.4) is 0 Å². The van der Waals surface area contributed by atoms with Gasteiger partial charge in [-0.2, -0.15) is 0 Å². The zero-order valence-corrected chi connectivity index (χ0v) is 15.5. The summed E-state index contributed by atoms with van der Waals surface area (Å²) in [5.41, 5.74) is 0.712. The number of nitrogens with one attached hydrogen (secondary N) is 1. The topological polar surface area (TPSA) is 50.2 Å². The van der Waals surface area contributed by atoms with E-state index in [1.54, 1.807) is 30.1 Å². The minimum Gasteiger partial charge on any atom is -0.350 e. The summed E-state index contributed by atoms with van der Waals surface area (Å²) in [6, 6.07) is 7.56. The Morgan fingerprint density at radius 1 is 1.38 bits per heavy atom. The van der Waals surface area contributed by atoms with Gasteiger partial charge in [-0.05, 0) is 44.2 Å². The molecular formula is C20H27FN4O. The van der Waals surface area contributed by atoms with Crippen LogP contribution < -0.4 is 15.8 Å². The fraction of sp³-hybridized carbons (Fsp3) is 0.500. The molecule has 6 heteroatoms. The van der Waals surface area contributed by atoms with Crippen molar-refractivity contribution in [2.75, 3.05) is 18.0 Å². The van der Waals surface area contributed by atoms with Crippen molar-refractivity contribution in [3.05, 3.63) is 58.4 Å². The van der Waals surface area contributed by atoms with E-state index >= 15 is 0 Å². The third-order valence-electron chi connectivity index (χ3n) is 5.04. The molecular weight excluding hydrogens is 331 g/mol. The number of aromatic nitrogens is 2. The van der Waals surface area contributed by atoms with Gasteiger partial charge in [0.2, 0.25) is 0 Å². The SMILES string of the molecule is C[C@H](CCc1ccccc1F)N[C@H]1CCCN(c2nccn(C)c2=O)C1. The van der Waals surface area contributed by atoms with E-state index in [0.717, 1.165) is 44.3 Å². The first kappa shape index (κ1) is 18.6. The molecule has 1 aliphatic heterocycles. The molecule has 140 valence electrons. The Morgan fingerprint density at radius 2 is 2.19 bits per heavy atom. The van der Waals surface area contributed by atoms with Crippen LogP contribution in [-0.4, -0.2) is 34.7 Å². The highest BCUT2D eigenvalue weighted by atomic mass is 19.1. The van der Waals surface area contributed by atoms with Gasteiger partial charge in [-0.15, -0.1) is 0 Å². The van der Waals surface area contributed by atoms with Crippen molar-refractivity contribution in [1.29, 1.82) is 0 Å². The molecule has 1 saturated heterocycles. The first-order valence-corrected chi connectivity index (χ1v) is 9.30. The summed E-state index contributed by atoms with van der Waals surface area (Å²) in [6.45, 7) is 3.77. The Morgan fingerprint density at radius 3 is 3.00 bits per heavy atom. The molecule has 0 spiro atoms. The molecule has 2 heterocycles. The van der Waals surface area contributed by atoms with E-state index in [0.29, 0.717) is 11.9 Å². The number of halogens is 1. The second kappa shape index (κ2) is 8.45. The minimum absolute atomic E-state index is 0.0549. The molecule has 1 fully saturated rings. The van der Waals surface area contributed by atoms with E-state index in [-0.39, 0.29) is 17.4 Å². The fourth-order valence-electron chi connectivity index (χ4n) is 3.57. The van der Waals surface area contributed by atoms with E-state index in [2.05, 4.69) is 22.1 Å². The van der Waals surface area contributed by atoms with Gasteiger partial charge in [0.1, 0.15) is 5.82 Å². The first-order chi connectivity index (χ1) is 12.5. The number of hydrogen-bond acceptors (Lipinski definition) is 4. The lowest BCUT2D eigenvalue weighted by molar-refractivity contribution is 0.371. The Balaban J connectivity index is 1.55. The van der Waals surface area contributed by atoms with Gasteiger partial charge in [0.05, 0.1) is 0 Å². The zero-order chi connectivity index (χ0) is 18.5. The molecule has 1 aliphatic rings. The minimum atomic E-state index is -0.130. The number of benzene rings is 1. The van der Waals surface area contributed by atoms with Crippen molar-refractivity contribution in [2.24, 2.45) is 7.05 Å². The molecule has 0 unspecified atom stereocenters. The van der Waals surface area contributed by atoms with Crippen LogP contribution in [0.25, 0.3) is 0 Å². The average molecular weight is 358 g/mol. The Bertz CT molecular complexity index is 791. The number of rotatable bonds is 6. The largest absolute Gasteiger partial charge is 0.350 e. The van der Waals surface area contributed by atoms with E-state index < -0.39 is 0 Å². The van der Waals surface area contributed by atoms with Crippen molar-refractivity contribution < 1.29 is 4.39 Å². The van der Waals surface area contributed by atoms with Gasteiger partial charge in [-0.25, -0.2) is 9.37 Å². The van der Waals surface area contributed by atoms with Crippen molar-refractivity contribution in [3.8, 4) is 0 Å². The van der Waals surface area contributed by atoms with Gasteiger partial charge < -0.3 is 14.8 Å². The summed E-state index contributed by atoms with van der Waals surface area (Å²) in [5.74, 6) is 0.398. The van der Waals surface area contributed by atoms with Crippen molar-refractivity contribution in [1.82, 2.24) is 14.9 Å². The van der Waals surface area contributed by atoms with Gasteiger partial charge in [0.25, 0.3) is 5.56 Å². The summed E-state index contributed by atoms with van der Waals surface area (Å²) >= 11 is 0. The molecule has 2 atom stereocenters. The standard InChI is InChI=1S/C20H27FN4O/c1-15(9-10-16-6-3-4-8-18(16)21)23-17-7-5-12-25(14-17)19-20(26)24(2)13-11-22-19/h3-4,6,8,11,13,15,17,23H,5,7,9-10,12,14H2,1-2H3/t15-,17+/m1/s1. The van der Waals surface area contributed by atoms with Gasteiger partial charge >= 0.3 is 0 Å². The number of nitrogens with zero attached hydrogens (tertiary/aromatic N) is 3. The molecule has 0 aliphatic carbocycles. The average Bonchev–Trinajstić information content (AvgIpc) is 2.63. The lowest BCUT2D eigenvalue weighted by Gasteiger charge is -2.35. The maximum Gasteiger partial charge on any atom is 0.293 e. The lowest BCUT2D eigenvalue weighted by atomic mass is 10.0. The molecule has 5 nitrogen and oxygen atoms in total. The van der Waals surface area contributed by atoms with Crippen molar-refractivity contribution in [3.63, 3.8) is 0 Å². The summed E-state index contributed by atoms with van der Waals surface area (Å²) in [5, 5.41) is 3.64. The molecule has 0 bridgehead atoms. The molecule has 0 radical (unpaired) electrons. The van der Waals surface area contributed by atoms with Gasteiger partial charge in [0.15, 0.2) is 5.82 Å². The monoisotopic (exact) mass is 358 g/mol. The predicted octanol–water partition coefficient (Wildman–Crippen LogP) is 2.50. The zero-order valence-electron chi connectivity index (χ0n) is 15.5. The molecule has 0 saturated carbocycles. The molecule has 26 heavy (non-hydrogen) atoms. The highest BCUT2D eigenvalue weighted by molar-refractivity contribution is 5.36. The van der Waals surface area contributed by atoms with Crippen LogP contribution in [0, 0.1) is 5.82 Å². The maximum absolute atomic E-state index is 13.7. The maximum atomic E-state index is 13.7. The van der Waals surface area contributed by atoms with Gasteiger partial charge in [-0.1, -0.05) is 18.2 Å². The van der Waals surface area contributed by atoms with E-state index in [4.69, 9.17) is 0 Å².